The van der Waals surface area contributed by atoms with Crippen LogP contribution in [0.15, 0.2) is 12.5 Å². The highest BCUT2D eigenvalue weighted by Gasteiger charge is 2.14. The first-order chi connectivity index (χ1) is 8.40. The molecule has 0 aromatic carbocycles. The number of nitrogens with one attached hydrogen (secondary N) is 1. The highest BCUT2D eigenvalue weighted by atomic mass is 16.5. The Hall–Kier alpha value is -0.870. The topological polar surface area (TPSA) is 39.1 Å². The highest BCUT2D eigenvalue weighted by Crippen LogP contribution is 2.15. The van der Waals surface area contributed by atoms with E-state index in [4.69, 9.17) is 4.74 Å². The lowest BCUT2D eigenvalue weighted by atomic mass is 10.1. The van der Waals surface area contributed by atoms with Crippen LogP contribution in [0.1, 0.15) is 31.9 Å². The third kappa shape index (κ3) is 3.82. The summed E-state index contributed by atoms with van der Waals surface area (Å²) in [6.45, 7) is 7.16. The van der Waals surface area contributed by atoms with Crippen molar-refractivity contribution in [3.8, 4) is 0 Å². The molecule has 17 heavy (non-hydrogen) atoms. The molecule has 1 unspecified atom stereocenters. The minimum Gasteiger partial charge on any atom is -0.381 e. The van der Waals surface area contributed by atoms with Crippen molar-refractivity contribution in [3.05, 3.63) is 18.2 Å². The molecule has 1 N–H and O–H groups in total. The number of ether oxygens (including phenoxy) is 1. The Morgan fingerprint density at radius 1 is 1.59 bits per heavy atom. The van der Waals surface area contributed by atoms with Gasteiger partial charge in [0.25, 0.3) is 0 Å². The predicted molar refractivity (Wildman–Crippen MR) is 67.8 cm³/mol. The Labute approximate surface area is 103 Å². The van der Waals surface area contributed by atoms with Crippen LogP contribution in [-0.2, 0) is 17.8 Å². The molecular formula is C13H23N3O. The molecule has 1 aromatic heterocycles. The molecule has 96 valence electrons. The van der Waals surface area contributed by atoms with Gasteiger partial charge in [0.2, 0.25) is 0 Å². The van der Waals surface area contributed by atoms with E-state index in [1.165, 1.54) is 18.5 Å². The molecule has 1 aliphatic heterocycles. The fourth-order valence-electron chi connectivity index (χ4n) is 2.27. The van der Waals surface area contributed by atoms with Crippen molar-refractivity contribution in [1.29, 1.82) is 0 Å². The standard InChI is InChI=1S/C13H23N3O/c1-2-6-16-11-15-9-13(16)8-14-5-3-12-4-7-17-10-12/h9,11-12,14H,2-8,10H2,1H3. The number of rotatable bonds is 7. The van der Waals surface area contributed by atoms with Crippen molar-refractivity contribution in [2.24, 2.45) is 5.92 Å². The van der Waals surface area contributed by atoms with Gasteiger partial charge in [0.05, 0.1) is 12.0 Å². The van der Waals surface area contributed by atoms with Crippen molar-refractivity contribution >= 4 is 0 Å². The van der Waals surface area contributed by atoms with Gasteiger partial charge in [-0.05, 0) is 31.7 Å². The van der Waals surface area contributed by atoms with Gasteiger partial charge in [0.15, 0.2) is 0 Å². The van der Waals surface area contributed by atoms with Crippen LogP contribution in [0.4, 0.5) is 0 Å². The maximum atomic E-state index is 5.37. The molecule has 2 rings (SSSR count). The normalized spacial score (nSPS) is 19.9. The van der Waals surface area contributed by atoms with Crippen molar-refractivity contribution in [2.45, 2.75) is 39.3 Å². The molecule has 0 saturated carbocycles. The summed E-state index contributed by atoms with van der Waals surface area (Å²) in [6.07, 6.45) is 7.49. The van der Waals surface area contributed by atoms with E-state index < -0.39 is 0 Å². The molecular weight excluding hydrogens is 214 g/mol. The van der Waals surface area contributed by atoms with Crippen LogP contribution < -0.4 is 5.32 Å². The lowest BCUT2D eigenvalue weighted by Gasteiger charge is -2.10. The maximum Gasteiger partial charge on any atom is 0.0948 e. The molecule has 1 saturated heterocycles. The van der Waals surface area contributed by atoms with Gasteiger partial charge < -0.3 is 14.6 Å². The summed E-state index contributed by atoms with van der Waals surface area (Å²) in [6, 6.07) is 0. The van der Waals surface area contributed by atoms with Crippen LogP contribution >= 0.6 is 0 Å². The van der Waals surface area contributed by atoms with E-state index in [0.29, 0.717) is 0 Å². The molecule has 0 radical (unpaired) electrons. The second kappa shape index (κ2) is 6.77. The van der Waals surface area contributed by atoms with Crippen LogP contribution in [0.2, 0.25) is 0 Å². The number of nitrogens with zero attached hydrogens (tertiary/aromatic N) is 2. The van der Waals surface area contributed by atoms with Crippen molar-refractivity contribution in [1.82, 2.24) is 14.9 Å². The van der Waals surface area contributed by atoms with Gasteiger partial charge in [-0.25, -0.2) is 4.98 Å². The van der Waals surface area contributed by atoms with E-state index >= 15 is 0 Å². The summed E-state index contributed by atoms with van der Waals surface area (Å²) in [4.78, 5) is 4.20. The van der Waals surface area contributed by atoms with E-state index in [1.54, 1.807) is 0 Å². The Balaban J connectivity index is 1.65. The number of imidazole rings is 1. The van der Waals surface area contributed by atoms with Crippen molar-refractivity contribution in [3.63, 3.8) is 0 Å². The van der Waals surface area contributed by atoms with Gasteiger partial charge in [-0.15, -0.1) is 0 Å². The van der Waals surface area contributed by atoms with Crippen LogP contribution in [0.5, 0.6) is 0 Å². The first kappa shape index (κ1) is 12.6. The SMILES string of the molecule is CCCn1cncc1CNCCC1CCOC1. The minimum atomic E-state index is 0.767. The molecule has 0 aliphatic carbocycles. The van der Waals surface area contributed by atoms with Crippen LogP contribution in [-0.4, -0.2) is 29.3 Å². The lowest BCUT2D eigenvalue weighted by Crippen LogP contribution is -2.19. The predicted octanol–water partition coefficient (Wildman–Crippen LogP) is 1.81. The molecule has 0 spiro atoms. The quantitative estimate of drug-likeness (QED) is 0.735. The van der Waals surface area contributed by atoms with E-state index in [2.05, 4.69) is 21.8 Å². The Bertz CT molecular complexity index is 318. The third-order valence-corrected chi connectivity index (χ3v) is 3.32. The van der Waals surface area contributed by atoms with Gasteiger partial charge in [-0.3, -0.25) is 0 Å². The summed E-state index contributed by atoms with van der Waals surface area (Å²) < 4.78 is 7.60. The molecule has 4 heteroatoms. The fourth-order valence-corrected chi connectivity index (χ4v) is 2.27. The smallest absolute Gasteiger partial charge is 0.0948 e. The van der Waals surface area contributed by atoms with E-state index in [0.717, 1.165) is 45.2 Å². The summed E-state index contributed by atoms with van der Waals surface area (Å²) in [5.41, 5.74) is 1.29. The average molecular weight is 237 g/mol. The van der Waals surface area contributed by atoms with Crippen LogP contribution in [0.3, 0.4) is 0 Å². The molecule has 1 fully saturated rings. The molecule has 1 atom stereocenters. The van der Waals surface area contributed by atoms with Crippen molar-refractivity contribution in [2.75, 3.05) is 19.8 Å². The number of aromatic nitrogens is 2. The molecule has 1 aromatic rings. The minimum absolute atomic E-state index is 0.767. The van der Waals surface area contributed by atoms with Gasteiger partial charge in [0, 0.05) is 32.5 Å². The van der Waals surface area contributed by atoms with E-state index in [9.17, 15) is 0 Å². The highest BCUT2D eigenvalue weighted by molar-refractivity contribution is 4.97. The van der Waals surface area contributed by atoms with E-state index in [-0.39, 0.29) is 0 Å². The van der Waals surface area contributed by atoms with Gasteiger partial charge >= 0.3 is 0 Å². The molecule has 2 heterocycles. The second-order valence-corrected chi connectivity index (χ2v) is 4.77. The zero-order chi connectivity index (χ0) is 11.9. The van der Waals surface area contributed by atoms with Crippen LogP contribution in [0.25, 0.3) is 0 Å². The molecule has 4 nitrogen and oxygen atoms in total. The second-order valence-electron chi connectivity index (χ2n) is 4.77. The number of aryl methyl sites for hydroxylation is 1. The van der Waals surface area contributed by atoms with Crippen LogP contribution in [0, 0.1) is 5.92 Å². The maximum absolute atomic E-state index is 5.37. The summed E-state index contributed by atoms with van der Waals surface area (Å²) >= 11 is 0. The fraction of sp³-hybridized carbons (Fsp3) is 0.769. The van der Waals surface area contributed by atoms with Gasteiger partial charge in [-0.2, -0.15) is 0 Å². The Morgan fingerprint density at radius 3 is 3.29 bits per heavy atom. The zero-order valence-corrected chi connectivity index (χ0v) is 10.7. The first-order valence-electron chi connectivity index (χ1n) is 6.67. The Kier molecular flexibility index (Phi) is 5.01. The summed E-state index contributed by atoms with van der Waals surface area (Å²) in [5.74, 6) is 0.767. The van der Waals surface area contributed by atoms with E-state index in [1.807, 2.05) is 12.5 Å². The number of hydrogen-bond acceptors (Lipinski definition) is 3. The third-order valence-electron chi connectivity index (χ3n) is 3.32. The number of hydrogen-bond donors (Lipinski definition) is 1. The molecule has 1 aliphatic rings. The Morgan fingerprint density at radius 2 is 2.53 bits per heavy atom. The van der Waals surface area contributed by atoms with Gasteiger partial charge in [-0.1, -0.05) is 6.92 Å². The monoisotopic (exact) mass is 237 g/mol. The summed E-state index contributed by atoms with van der Waals surface area (Å²) in [7, 11) is 0. The van der Waals surface area contributed by atoms with Gasteiger partial charge in [0.1, 0.15) is 0 Å². The largest absolute Gasteiger partial charge is 0.381 e. The lowest BCUT2D eigenvalue weighted by molar-refractivity contribution is 0.184. The van der Waals surface area contributed by atoms with Crippen molar-refractivity contribution < 1.29 is 4.74 Å². The molecule has 0 bridgehead atoms. The summed E-state index contributed by atoms with van der Waals surface area (Å²) in [5, 5.41) is 3.50. The first-order valence-corrected chi connectivity index (χ1v) is 6.67. The average Bonchev–Trinajstić information content (AvgIpc) is 2.96. The molecule has 0 amide bonds. The zero-order valence-electron chi connectivity index (χ0n) is 10.7.